The molecule has 0 aliphatic heterocycles. The predicted molar refractivity (Wildman–Crippen MR) is 99.4 cm³/mol. The average molecular weight is 342 g/mol. The number of halogens is 1. The van der Waals surface area contributed by atoms with E-state index in [2.05, 4.69) is 11.9 Å². The fourth-order valence-electron chi connectivity index (χ4n) is 2.88. The van der Waals surface area contributed by atoms with Gasteiger partial charge in [-0.2, -0.15) is 0 Å². The highest BCUT2D eigenvalue weighted by Gasteiger charge is 2.24. The number of amides is 1. The Morgan fingerprint density at radius 1 is 1.40 bits per heavy atom. The molecule has 0 aliphatic rings. The van der Waals surface area contributed by atoms with Gasteiger partial charge in [0.25, 0.3) is 5.91 Å². The molecule has 132 valence electrons. The van der Waals surface area contributed by atoms with Crippen molar-refractivity contribution in [3.8, 4) is 16.9 Å². The summed E-state index contributed by atoms with van der Waals surface area (Å²) in [6, 6.07) is 8.73. The van der Waals surface area contributed by atoms with Gasteiger partial charge in [0.15, 0.2) is 0 Å². The smallest absolute Gasteiger partial charge is 0.253 e. The van der Waals surface area contributed by atoms with Gasteiger partial charge < -0.3 is 15.8 Å². The van der Waals surface area contributed by atoms with Crippen LogP contribution < -0.4 is 15.8 Å². The molecule has 0 saturated carbocycles. The van der Waals surface area contributed by atoms with Crippen molar-refractivity contribution in [2.75, 3.05) is 12.4 Å². The summed E-state index contributed by atoms with van der Waals surface area (Å²) in [5.74, 6) is -0.673. The van der Waals surface area contributed by atoms with E-state index in [-0.39, 0.29) is 11.5 Å². The monoisotopic (exact) mass is 342 g/mol. The third-order valence-electron chi connectivity index (χ3n) is 4.32. The van der Waals surface area contributed by atoms with E-state index < -0.39 is 11.7 Å². The van der Waals surface area contributed by atoms with Gasteiger partial charge in [0, 0.05) is 0 Å². The molecule has 0 heterocycles. The van der Waals surface area contributed by atoms with Gasteiger partial charge in [0.1, 0.15) is 11.6 Å². The van der Waals surface area contributed by atoms with Gasteiger partial charge in [-0.05, 0) is 53.4 Å². The average Bonchev–Trinajstić information content (AvgIpc) is 2.60. The molecule has 5 heteroatoms. The van der Waals surface area contributed by atoms with Gasteiger partial charge in [0.05, 0.1) is 18.4 Å². The Balaban J connectivity index is 2.81. The van der Waals surface area contributed by atoms with E-state index >= 15 is 0 Å². The normalized spacial score (nSPS) is 11.7. The van der Waals surface area contributed by atoms with Gasteiger partial charge in [0.2, 0.25) is 0 Å². The highest BCUT2D eigenvalue weighted by molar-refractivity contribution is 6.01. The molecule has 0 fully saturated rings. The van der Waals surface area contributed by atoms with E-state index in [1.807, 2.05) is 38.1 Å². The minimum absolute atomic E-state index is 0.0817. The van der Waals surface area contributed by atoms with Crippen molar-refractivity contribution in [2.45, 2.75) is 26.2 Å². The summed E-state index contributed by atoms with van der Waals surface area (Å²) in [6.07, 6.45) is 2.24. The number of hydrogen-bond acceptors (Lipinski definition) is 3. The fraction of sp³-hybridized carbons (Fsp3) is 0.250. The summed E-state index contributed by atoms with van der Waals surface area (Å²) in [6.45, 7) is 7.70. The van der Waals surface area contributed by atoms with Crippen molar-refractivity contribution in [1.29, 1.82) is 0 Å². The molecule has 2 aromatic rings. The van der Waals surface area contributed by atoms with Crippen LogP contribution in [-0.2, 0) is 0 Å². The first-order valence-electron chi connectivity index (χ1n) is 8.12. The molecular formula is C20H23FN2O2. The molecule has 3 N–H and O–H groups in total. The van der Waals surface area contributed by atoms with Gasteiger partial charge in [-0.15, -0.1) is 0 Å². The Labute approximate surface area is 147 Å². The van der Waals surface area contributed by atoms with Crippen molar-refractivity contribution in [1.82, 2.24) is 0 Å². The number of benzene rings is 2. The van der Waals surface area contributed by atoms with Gasteiger partial charge in [-0.25, -0.2) is 4.39 Å². The number of nitrogens with two attached hydrogens (primary N) is 1. The highest BCUT2D eigenvalue weighted by Crippen LogP contribution is 2.40. The van der Waals surface area contributed by atoms with E-state index in [4.69, 9.17) is 10.5 Å². The summed E-state index contributed by atoms with van der Waals surface area (Å²) >= 11 is 0. The molecular weight excluding hydrogens is 319 g/mol. The number of primary amides is 1. The number of hydrogen-bond donors (Lipinski definition) is 2. The number of carbonyl (C=O) groups is 1. The summed E-state index contributed by atoms with van der Waals surface area (Å²) in [4.78, 5) is 11.8. The summed E-state index contributed by atoms with van der Waals surface area (Å²) in [5.41, 5.74) is 8.02. The van der Waals surface area contributed by atoms with E-state index in [0.717, 1.165) is 17.5 Å². The Kier molecular flexibility index (Phi) is 5.80. The molecule has 4 nitrogen and oxygen atoms in total. The number of ether oxygens (including phenoxy) is 1. The van der Waals surface area contributed by atoms with Crippen LogP contribution in [0.25, 0.3) is 11.1 Å². The molecule has 0 aromatic heterocycles. The molecule has 0 aliphatic carbocycles. The van der Waals surface area contributed by atoms with E-state index in [1.165, 1.54) is 12.3 Å². The van der Waals surface area contributed by atoms with Crippen LogP contribution in [0.4, 0.5) is 10.1 Å². The molecule has 0 saturated heterocycles. The zero-order valence-electron chi connectivity index (χ0n) is 14.7. The van der Waals surface area contributed by atoms with Crippen LogP contribution in [0, 0.1) is 5.82 Å². The molecule has 1 amide bonds. The van der Waals surface area contributed by atoms with Crippen molar-refractivity contribution >= 4 is 11.6 Å². The maximum atomic E-state index is 14.7. The van der Waals surface area contributed by atoms with Crippen LogP contribution in [-0.4, -0.2) is 13.0 Å². The van der Waals surface area contributed by atoms with Gasteiger partial charge >= 0.3 is 0 Å². The number of rotatable bonds is 7. The number of carbonyl (C=O) groups excluding carboxylic acids is 1. The molecule has 2 aromatic carbocycles. The Morgan fingerprint density at radius 3 is 2.52 bits per heavy atom. The third kappa shape index (κ3) is 3.65. The Bertz CT molecular complexity index is 785. The molecule has 1 atom stereocenters. The van der Waals surface area contributed by atoms with Crippen molar-refractivity contribution < 1.29 is 13.9 Å². The van der Waals surface area contributed by atoms with Crippen LogP contribution in [0.1, 0.15) is 42.1 Å². The number of methoxy groups -OCH3 is 1. The number of nitrogens with one attached hydrogen (secondary N) is 1. The van der Waals surface area contributed by atoms with E-state index in [1.54, 1.807) is 7.11 Å². The maximum Gasteiger partial charge on any atom is 0.253 e. The first-order chi connectivity index (χ1) is 11.9. The molecule has 25 heavy (non-hydrogen) atoms. The summed E-state index contributed by atoms with van der Waals surface area (Å²) in [7, 11) is 1.59. The van der Waals surface area contributed by atoms with Crippen LogP contribution >= 0.6 is 0 Å². The molecule has 0 bridgehead atoms. The topological polar surface area (TPSA) is 64.3 Å². The second-order valence-corrected chi connectivity index (χ2v) is 5.82. The second-order valence-electron chi connectivity index (χ2n) is 5.82. The van der Waals surface area contributed by atoms with E-state index in [0.29, 0.717) is 17.0 Å². The Hall–Kier alpha value is -2.82. The lowest BCUT2D eigenvalue weighted by Gasteiger charge is -2.22. The fourth-order valence-corrected chi connectivity index (χ4v) is 2.88. The molecule has 2 rings (SSSR count). The van der Waals surface area contributed by atoms with Crippen LogP contribution in [0.5, 0.6) is 5.75 Å². The Morgan fingerprint density at radius 2 is 2.04 bits per heavy atom. The summed E-state index contributed by atoms with van der Waals surface area (Å²) in [5, 5.41) is 2.91. The van der Waals surface area contributed by atoms with Crippen LogP contribution in [0.15, 0.2) is 43.1 Å². The lowest BCUT2D eigenvalue weighted by atomic mass is 9.86. The molecule has 1 unspecified atom stereocenters. The quantitative estimate of drug-likeness (QED) is 0.768. The van der Waals surface area contributed by atoms with Crippen LogP contribution in [0.3, 0.4) is 0 Å². The first-order valence-corrected chi connectivity index (χ1v) is 8.12. The SMILES string of the molecule is C=CNc1c(C(N)=O)c(F)cc(-c2ccc(OC)cc2)c1C(C)CC. The molecule has 0 radical (unpaired) electrons. The minimum atomic E-state index is -0.812. The standard InChI is InChI=1S/C20H23FN2O2/c1-5-12(3)17-15(13-7-9-14(25-4)10-8-13)11-16(21)18(20(22)24)19(17)23-6-2/h6-12,23H,2,5H2,1,3-4H3,(H2,22,24). The van der Waals surface area contributed by atoms with Gasteiger partial charge in [-0.1, -0.05) is 32.6 Å². The van der Waals surface area contributed by atoms with Crippen molar-refractivity contribution in [3.05, 3.63) is 60.1 Å². The third-order valence-corrected chi connectivity index (χ3v) is 4.32. The lowest BCUT2D eigenvalue weighted by molar-refractivity contribution is 0.0997. The predicted octanol–water partition coefficient (Wildman–Crippen LogP) is 4.67. The minimum Gasteiger partial charge on any atom is -0.497 e. The maximum absolute atomic E-state index is 14.7. The van der Waals surface area contributed by atoms with Crippen LogP contribution in [0.2, 0.25) is 0 Å². The van der Waals surface area contributed by atoms with Crippen molar-refractivity contribution in [2.24, 2.45) is 5.73 Å². The number of anilines is 1. The zero-order valence-corrected chi connectivity index (χ0v) is 14.7. The zero-order chi connectivity index (χ0) is 18.6. The largest absolute Gasteiger partial charge is 0.497 e. The highest BCUT2D eigenvalue weighted by atomic mass is 19.1. The second kappa shape index (κ2) is 7.83. The first kappa shape index (κ1) is 18.5. The molecule has 0 spiro atoms. The lowest BCUT2D eigenvalue weighted by Crippen LogP contribution is -2.18. The van der Waals surface area contributed by atoms with Crippen molar-refractivity contribution in [3.63, 3.8) is 0 Å². The summed E-state index contributed by atoms with van der Waals surface area (Å²) < 4.78 is 19.8. The van der Waals surface area contributed by atoms with Gasteiger partial charge in [-0.3, -0.25) is 4.79 Å². The van der Waals surface area contributed by atoms with E-state index in [9.17, 15) is 9.18 Å².